The number of nitrogens with zero attached hydrogens (tertiary/aromatic N) is 2. The number of anilines is 2. The highest BCUT2D eigenvalue weighted by Crippen LogP contribution is 2.30. The van der Waals surface area contributed by atoms with Crippen molar-refractivity contribution in [3.63, 3.8) is 0 Å². The van der Waals surface area contributed by atoms with Crippen LogP contribution in [0.5, 0.6) is 0 Å². The van der Waals surface area contributed by atoms with E-state index in [0.29, 0.717) is 11.3 Å². The highest BCUT2D eigenvalue weighted by molar-refractivity contribution is 6.01. The van der Waals surface area contributed by atoms with Crippen molar-refractivity contribution in [3.05, 3.63) is 59.2 Å². The smallest absolute Gasteiger partial charge is 0.312 e. The van der Waals surface area contributed by atoms with Crippen LogP contribution in [0.1, 0.15) is 30.0 Å². The highest BCUT2D eigenvalue weighted by atomic mass is 16.5. The van der Waals surface area contributed by atoms with E-state index in [1.165, 1.54) is 6.92 Å². The predicted molar refractivity (Wildman–Crippen MR) is 112 cm³/mol. The average molecular weight is 405 g/mol. The Balaban J connectivity index is 1.60. The molecule has 1 aliphatic rings. The summed E-state index contributed by atoms with van der Waals surface area (Å²) in [4.78, 5) is 39.0. The van der Waals surface area contributed by atoms with E-state index in [1.807, 2.05) is 38.1 Å². The molecule has 0 aromatic heterocycles. The number of nitrogens with one attached hydrogen (secondary N) is 1. The predicted octanol–water partition coefficient (Wildman–Crippen LogP) is 3.10. The van der Waals surface area contributed by atoms with Gasteiger partial charge in [0.05, 0.1) is 17.6 Å². The number of esters is 1. The molecule has 2 amide bonds. The molecule has 0 radical (unpaired) electrons. The summed E-state index contributed by atoms with van der Waals surface area (Å²) in [7, 11) is 0. The summed E-state index contributed by atoms with van der Waals surface area (Å²) in [6.45, 7) is 5.63. The van der Waals surface area contributed by atoms with E-state index < -0.39 is 23.9 Å². The van der Waals surface area contributed by atoms with Gasteiger partial charge in [0, 0.05) is 24.3 Å². The van der Waals surface area contributed by atoms with Crippen molar-refractivity contribution < 1.29 is 19.1 Å². The summed E-state index contributed by atoms with van der Waals surface area (Å²) >= 11 is 0. The lowest BCUT2D eigenvalue weighted by Crippen LogP contribution is -2.33. The Hall–Kier alpha value is -3.66. The number of ether oxygens (including phenoxy) is 1. The molecular formula is C23H23N3O4. The van der Waals surface area contributed by atoms with Crippen molar-refractivity contribution in [2.24, 2.45) is 5.92 Å². The molecule has 7 nitrogen and oxygen atoms in total. The summed E-state index contributed by atoms with van der Waals surface area (Å²) in [6, 6.07) is 14.1. The van der Waals surface area contributed by atoms with Gasteiger partial charge in [-0.2, -0.15) is 5.26 Å². The molecule has 0 aliphatic carbocycles. The number of hydrogen-bond donors (Lipinski definition) is 1. The summed E-state index contributed by atoms with van der Waals surface area (Å²) in [5.74, 6) is -1.81. The van der Waals surface area contributed by atoms with Crippen LogP contribution in [0.25, 0.3) is 0 Å². The van der Waals surface area contributed by atoms with Gasteiger partial charge in [-0.1, -0.05) is 12.1 Å². The number of carbonyl (C=O) groups excluding carboxylic acids is 3. The Kier molecular flexibility index (Phi) is 6.17. The standard InChI is InChI=1S/C23H23N3O4/c1-14-5-4-6-20(15(14)2)26-13-18(11-21(26)27)23(29)30-16(3)22(28)25-19-9-7-17(12-24)8-10-19/h4-10,16,18H,11,13H2,1-3H3,(H,25,28)/t16-,18+/m1/s1. The lowest BCUT2D eigenvalue weighted by molar-refractivity contribution is -0.157. The second-order valence-electron chi connectivity index (χ2n) is 7.38. The van der Waals surface area contributed by atoms with E-state index in [0.717, 1.165) is 16.8 Å². The van der Waals surface area contributed by atoms with E-state index in [9.17, 15) is 14.4 Å². The molecule has 1 heterocycles. The minimum absolute atomic E-state index is 0.0518. The summed E-state index contributed by atoms with van der Waals surface area (Å²) in [5, 5.41) is 11.5. The molecule has 154 valence electrons. The lowest BCUT2D eigenvalue weighted by Gasteiger charge is -2.20. The van der Waals surface area contributed by atoms with Crippen LogP contribution in [0.15, 0.2) is 42.5 Å². The Morgan fingerprint density at radius 2 is 1.90 bits per heavy atom. The normalized spacial score (nSPS) is 16.7. The fraction of sp³-hybridized carbons (Fsp3) is 0.304. The zero-order chi connectivity index (χ0) is 21.8. The van der Waals surface area contributed by atoms with Gasteiger partial charge in [0.1, 0.15) is 0 Å². The number of rotatable bonds is 5. The minimum atomic E-state index is -1.02. The number of aryl methyl sites for hydroxylation is 1. The Morgan fingerprint density at radius 3 is 2.57 bits per heavy atom. The van der Waals surface area contributed by atoms with Crippen LogP contribution >= 0.6 is 0 Å². The SMILES string of the molecule is Cc1cccc(N2C[C@@H](C(=O)O[C@H](C)C(=O)Nc3ccc(C#N)cc3)CC2=O)c1C. The number of amides is 2. The summed E-state index contributed by atoms with van der Waals surface area (Å²) < 4.78 is 5.32. The second-order valence-corrected chi connectivity index (χ2v) is 7.38. The third-order valence-electron chi connectivity index (χ3n) is 5.27. The van der Waals surface area contributed by atoms with Gasteiger partial charge in [-0.15, -0.1) is 0 Å². The summed E-state index contributed by atoms with van der Waals surface area (Å²) in [6.07, 6.45) is -0.964. The molecular weight excluding hydrogens is 382 g/mol. The maximum atomic E-state index is 12.6. The van der Waals surface area contributed by atoms with E-state index in [-0.39, 0.29) is 18.9 Å². The van der Waals surface area contributed by atoms with Crippen LogP contribution in [0.4, 0.5) is 11.4 Å². The molecule has 0 bridgehead atoms. The topological polar surface area (TPSA) is 99.5 Å². The Labute approximate surface area is 175 Å². The fourth-order valence-electron chi connectivity index (χ4n) is 3.32. The van der Waals surface area contributed by atoms with Crippen LogP contribution in [-0.4, -0.2) is 30.4 Å². The largest absolute Gasteiger partial charge is 0.452 e. The zero-order valence-electron chi connectivity index (χ0n) is 17.1. The van der Waals surface area contributed by atoms with Gasteiger partial charge in [-0.3, -0.25) is 14.4 Å². The van der Waals surface area contributed by atoms with Crippen molar-refractivity contribution in [1.29, 1.82) is 5.26 Å². The maximum Gasteiger partial charge on any atom is 0.312 e. The minimum Gasteiger partial charge on any atom is -0.452 e. The van der Waals surface area contributed by atoms with Gasteiger partial charge < -0.3 is 15.0 Å². The summed E-state index contributed by atoms with van der Waals surface area (Å²) in [5.41, 5.74) is 3.84. The average Bonchev–Trinajstić information content (AvgIpc) is 3.12. The second kappa shape index (κ2) is 8.78. The van der Waals surface area contributed by atoms with Gasteiger partial charge in [-0.05, 0) is 62.2 Å². The first kappa shape index (κ1) is 21.1. The van der Waals surface area contributed by atoms with Crippen LogP contribution in [0.2, 0.25) is 0 Å². The number of carbonyl (C=O) groups is 3. The van der Waals surface area contributed by atoms with Crippen molar-refractivity contribution in [2.75, 3.05) is 16.8 Å². The van der Waals surface area contributed by atoms with Gasteiger partial charge in [0.15, 0.2) is 6.10 Å². The van der Waals surface area contributed by atoms with Crippen molar-refractivity contribution in [1.82, 2.24) is 0 Å². The van der Waals surface area contributed by atoms with Gasteiger partial charge in [0.2, 0.25) is 5.91 Å². The molecule has 0 unspecified atom stereocenters. The molecule has 7 heteroatoms. The number of hydrogen-bond acceptors (Lipinski definition) is 5. The van der Waals surface area contributed by atoms with Crippen molar-refractivity contribution in [2.45, 2.75) is 33.3 Å². The maximum absolute atomic E-state index is 12.6. The quantitative estimate of drug-likeness (QED) is 0.771. The van der Waals surface area contributed by atoms with Crippen LogP contribution in [0.3, 0.4) is 0 Å². The van der Waals surface area contributed by atoms with Gasteiger partial charge in [0.25, 0.3) is 5.91 Å². The van der Waals surface area contributed by atoms with Crippen molar-refractivity contribution >= 4 is 29.2 Å². The molecule has 1 fully saturated rings. The van der Waals surface area contributed by atoms with Gasteiger partial charge >= 0.3 is 5.97 Å². The zero-order valence-corrected chi connectivity index (χ0v) is 17.1. The Morgan fingerprint density at radius 1 is 1.20 bits per heavy atom. The first-order valence-corrected chi connectivity index (χ1v) is 9.68. The van der Waals surface area contributed by atoms with E-state index in [4.69, 9.17) is 10.00 Å². The van der Waals surface area contributed by atoms with Crippen LogP contribution < -0.4 is 10.2 Å². The molecule has 2 aromatic rings. The first-order valence-electron chi connectivity index (χ1n) is 9.68. The molecule has 2 atom stereocenters. The Bertz CT molecular complexity index is 1020. The third-order valence-corrected chi connectivity index (χ3v) is 5.27. The van der Waals surface area contributed by atoms with E-state index in [1.54, 1.807) is 29.2 Å². The molecule has 1 aliphatic heterocycles. The van der Waals surface area contributed by atoms with E-state index >= 15 is 0 Å². The van der Waals surface area contributed by atoms with E-state index in [2.05, 4.69) is 5.32 Å². The highest BCUT2D eigenvalue weighted by Gasteiger charge is 2.37. The molecule has 1 saturated heterocycles. The van der Waals surface area contributed by atoms with Crippen molar-refractivity contribution in [3.8, 4) is 6.07 Å². The van der Waals surface area contributed by atoms with Crippen LogP contribution in [-0.2, 0) is 19.1 Å². The number of benzene rings is 2. The fourth-order valence-corrected chi connectivity index (χ4v) is 3.32. The first-order chi connectivity index (χ1) is 14.3. The molecule has 3 rings (SSSR count). The molecule has 30 heavy (non-hydrogen) atoms. The molecule has 0 spiro atoms. The molecule has 2 aromatic carbocycles. The third kappa shape index (κ3) is 4.49. The lowest BCUT2D eigenvalue weighted by atomic mass is 10.1. The number of nitriles is 1. The van der Waals surface area contributed by atoms with Gasteiger partial charge in [-0.25, -0.2) is 0 Å². The molecule has 1 N–H and O–H groups in total. The monoisotopic (exact) mass is 405 g/mol. The van der Waals surface area contributed by atoms with Crippen LogP contribution in [0, 0.1) is 31.1 Å². The molecule has 0 saturated carbocycles.